The highest BCUT2D eigenvalue weighted by Crippen LogP contribution is 2.41. The number of rotatable bonds is 8. The van der Waals surface area contributed by atoms with Crippen molar-refractivity contribution in [3.05, 3.63) is 78.0 Å². The Hall–Kier alpha value is -4.78. The summed E-state index contributed by atoms with van der Waals surface area (Å²) < 4.78 is 20.6. The number of methoxy groups -OCH3 is 1. The van der Waals surface area contributed by atoms with Gasteiger partial charge in [0.05, 0.1) is 29.6 Å². The van der Waals surface area contributed by atoms with Gasteiger partial charge in [-0.1, -0.05) is 6.07 Å². The van der Waals surface area contributed by atoms with Gasteiger partial charge in [0.15, 0.2) is 17.5 Å². The molecule has 42 heavy (non-hydrogen) atoms. The molecule has 5 aromatic rings. The molecule has 1 saturated carbocycles. The number of hydrogen-bond donors (Lipinski definition) is 3. The number of hydrogen-bond acceptors (Lipinski definition) is 9. The number of pyridine rings is 2. The molecular weight excluding hydrogens is 539 g/mol. The third kappa shape index (κ3) is 5.42. The molecule has 0 aromatic carbocycles. The summed E-state index contributed by atoms with van der Waals surface area (Å²) in [5.74, 6) is 1.25. The Labute approximate surface area is 241 Å². The average Bonchev–Trinajstić information content (AvgIpc) is 3.64. The SMILES string of the molecule is CO[C@]1(C(=O)N[C@@H](C)c2ccc(-n3cc(F)cn3)nc2)CC[C@H](c2nc(Nc3cc(C)[nH]n3)cc3nccnc32)CC1. The van der Waals surface area contributed by atoms with Crippen LogP contribution < -0.4 is 10.6 Å². The van der Waals surface area contributed by atoms with Crippen LogP contribution in [0.5, 0.6) is 0 Å². The number of carbonyl (C=O) groups is 1. The predicted octanol–water partition coefficient (Wildman–Crippen LogP) is 4.44. The number of anilines is 2. The first-order chi connectivity index (χ1) is 20.3. The van der Waals surface area contributed by atoms with Gasteiger partial charge in [-0.05, 0) is 51.2 Å². The molecule has 0 radical (unpaired) electrons. The molecule has 0 bridgehead atoms. The quantitative estimate of drug-likeness (QED) is 0.246. The number of ether oxygens (including phenoxy) is 1. The number of carbonyl (C=O) groups excluding carboxylic acids is 1. The molecule has 0 aliphatic heterocycles. The van der Waals surface area contributed by atoms with Crippen molar-refractivity contribution in [2.75, 3.05) is 12.4 Å². The average molecular weight is 571 g/mol. The predicted molar refractivity (Wildman–Crippen MR) is 153 cm³/mol. The van der Waals surface area contributed by atoms with Crippen molar-refractivity contribution >= 4 is 28.6 Å². The minimum absolute atomic E-state index is 0.0734. The van der Waals surface area contributed by atoms with Crippen LogP contribution in [0, 0.1) is 12.7 Å². The molecule has 1 aliphatic carbocycles. The molecule has 1 atom stereocenters. The molecule has 5 heterocycles. The number of halogens is 1. The van der Waals surface area contributed by atoms with Gasteiger partial charge in [-0.2, -0.15) is 10.2 Å². The summed E-state index contributed by atoms with van der Waals surface area (Å²) in [7, 11) is 1.58. The second-order valence-electron chi connectivity index (χ2n) is 10.6. The van der Waals surface area contributed by atoms with Gasteiger partial charge in [0, 0.05) is 49.4 Å². The van der Waals surface area contributed by atoms with E-state index in [2.05, 4.69) is 40.9 Å². The van der Waals surface area contributed by atoms with Crippen LogP contribution in [0.4, 0.5) is 16.0 Å². The van der Waals surface area contributed by atoms with Gasteiger partial charge in [0.25, 0.3) is 5.91 Å². The van der Waals surface area contributed by atoms with Crippen LogP contribution >= 0.6 is 0 Å². The first-order valence-corrected chi connectivity index (χ1v) is 13.8. The van der Waals surface area contributed by atoms with Crippen molar-refractivity contribution in [3.8, 4) is 5.82 Å². The minimum atomic E-state index is -0.964. The van der Waals surface area contributed by atoms with Gasteiger partial charge in [-0.3, -0.25) is 19.9 Å². The largest absolute Gasteiger partial charge is 0.368 e. The smallest absolute Gasteiger partial charge is 0.252 e. The van der Waals surface area contributed by atoms with Crippen molar-refractivity contribution in [2.24, 2.45) is 0 Å². The van der Waals surface area contributed by atoms with E-state index in [0.29, 0.717) is 43.1 Å². The van der Waals surface area contributed by atoms with Gasteiger partial charge >= 0.3 is 0 Å². The van der Waals surface area contributed by atoms with E-state index in [0.717, 1.165) is 34.2 Å². The zero-order valence-corrected chi connectivity index (χ0v) is 23.5. The summed E-state index contributed by atoms with van der Waals surface area (Å²) in [5.41, 5.74) is 3.12. The molecule has 5 aromatic heterocycles. The molecule has 1 fully saturated rings. The van der Waals surface area contributed by atoms with E-state index in [1.807, 2.05) is 32.0 Å². The topological polar surface area (TPSA) is 148 Å². The lowest BCUT2D eigenvalue weighted by Crippen LogP contribution is -2.50. The zero-order valence-electron chi connectivity index (χ0n) is 23.5. The highest BCUT2D eigenvalue weighted by molar-refractivity contribution is 5.86. The Kier molecular flexibility index (Phi) is 7.33. The Morgan fingerprint density at radius 2 is 1.95 bits per heavy atom. The Bertz CT molecular complexity index is 1710. The second kappa shape index (κ2) is 11.2. The number of H-pyrrole nitrogens is 1. The van der Waals surface area contributed by atoms with Crippen molar-refractivity contribution in [3.63, 3.8) is 0 Å². The second-order valence-corrected chi connectivity index (χ2v) is 10.6. The summed E-state index contributed by atoms with van der Waals surface area (Å²) in [6.07, 6.45) is 9.79. The van der Waals surface area contributed by atoms with E-state index in [9.17, 15) is 9.18 Å². The van der Waals surface area contributed by atoms with Crippen molar-refractivity contribution < 1.29 is 13.9 Å². The molecule has 0 saturated heterocycles. The van der Waals surface area contributed by atoms with E-state index in [-0.39, 0.29) is 17.9 Å². The summed E-state index contributed by atoms with van der Waals surface area (Å²) in [5, 5.41) is 17.5. The zero-order chi connectivity index (χ0) is 29.3. The lowest BCUT2D eigenvalue weighted by atomic mass is 9.76. The van der Waals surface area contributed by atoms with E-state index in [1.165, 1.54) is 10.9 Å². The lowest BCUT2D eigenvalue weighted by molar-refractivity contribution is -0.148. The standard InChI is InChI=1S/C29H31FN10O2/c1-17-12-24(39-38-17)36-23-13-22-27(32-11-10-31-22)26(37-23)19-6-8-29(42-3,9-7-19)28(41)35-18(2)20-4-5-25(33-14-20)40-16-21(30)15-34-40/h4-5,10-16,18-19H,6-9H2,1-3H3,(H,35,41)(H2,36,37,38,39)/t18-,19-,29+/m0/s1. The molecule has 1 aliphatic rings. The van der Waals surface area contributed by atoms with Crippen molar-refractivity contribution in [2.45, 2.75) is 57.1 Å². The molecule has 3 N–H and O–H groups in total. The van der Waals surface area contributed by atoms with Crippen LogP contribution in [0.3, 0.4) is 0 Å². The molecule has 0 unspecified atom stereocenters. The fourth-order valence-electron chi connectivity index (χ4n) is 5.47. The highest BCUT2D eigenvalue weighted by atomic mass is 19.1. The van der Waals surface area contributed by atoms with Gasteiger partial charge in [-0.25, -0.2) is 19.0 Å². The molecule has 12 nitrogen and oxygen atoms in total. The summed E-state index contributed by atoms with van der Waals surface area (Å²) in [6, 6.07) is 7.03. The van der Waals surface area contributed by atoms with Gasteiger partial charge in [0.2, 0.25) is 0 Å². The van der Waals surface area contributed by atoms with Crippen LogP contribution in [0.25, 0.3) is 16.9 Å². The van der Waals surface area contributed by atoms with Crippen LogP contribution in [-0.4, -0.2) is 58.5 Å². The Balaban J connectivity index is 1.16. The van der Waals surface area contributed by atoms with Crippen LogP contribution in [-0.2, 0) is 9.53 Å². The monoisotopic (exact) mass is 570 g/mol. The number of amides is 1. The van der Waals surface area contributed by atoms with Crippen LogP contribution in [0.2, 0.25) is 0 Å². The summed E-state index contributed by atoms with van der Waals surface area (Å²) >= 11 is 0. The number of nitrogens with one attached hydrogen (secondary N) is 3. The number of aromatic amines is 1. The minimum Gasteiger partial charge on any atom is -0.368 e. The number of fused-ring (bicyclic) bond motifs is 1. The third-order valence-corrected chi connectivity index (χ3v) is 7.83. The van der Waals surface area contributed by atoms with Crippen LogP contribution in [0.15, 0.2) is 55.2 Å². The number of aryl methyl sites for hydroxylation is 1. The summed E-state index contributed by atoms with van der Waals surface area (Å²) in [6.45, 7) is 3.83. The Morgan fingerprint density at radius 1 is 1.14 bits per heavy atom. The maximum atomic E-state index is 13.6. The third-order valence-electron chi connectivity index (χ3n) is 7.83. The number of nitrogens with zero attached hydrogens (tertiary/aromatic N) is 7. The molecule has 13 heteroatoms. The molecular formula is C29H31FN10O2. The maximum absolute atomic E-state index is 13.6. The first kappa shape index (κ1) is 27.4. The van der Waals surface area contributed by atoms with E-state index >= 15 is 0 Å². The fourth-order valence-corrected chi connectivity index (χ4v) is 5.47. The lowest BCUT2D eigenvalue weighted by Gasteiger charge is -2.38. The molecule has 0 spiro atoms. The van der Waals surface area contributed by atoms with E-state index in [4.69, 9.17) is 9.72 Å². The highest BCUT2D eigenvalue weighted by Gasteiger charge is 2.43. The van der Waals surface area contributed by atoms with Gasteiger partial charge in [0.1, 0.15) is 16.9 Å². The Morgan fingerprint density at radius 3 is 2.62 bits per heavy atom. The maximum Gasteiger partial charge on any atom is 0.252 e. The fraction of sp³-hybridized carbons (Fsp3) is 0.345. The molecule has 1 amide bonds. The summed E-state index contributed by atoms with van der Waals surface area (Å²) in [4.78, 5) is 32.0. The van der Waals surface area contributed by atoms with Gasteiger partial charge < -0.3 is 15.4 Å². The van der Waals surface area contributed by atoms with Crippen LogP contribution in [0.1, 0.15) is 61.5 Å². The van der Waals surface area contributed by atoms with E-state index in [1.54, 1.807) is 31.8 Å². The number of aromatic nitrogens is 8. The van der Waals surface area contributed by atoms with Crippen molar-refractivity contribution in [1.29, 1.82) is 0 Å². The molecule has 6 rings (SSSR count). The molecule has 216 valence electrons. The van der Waals surface area contributed by atoms with Gasteiger partial charge in [-0.15, -0.1) is 0 Å². The van der Waals surface area contributed by atoms with E-state index < -0.39 is 11.4 Å². The normalized spacial score (nSPS) is 19.5. The first-order valence-electron chi connectivity index (χ1n) is 13.8. The van der Waals surface area contributed by atoms with Crippen molar-refractivity contribution in [1.82, 2.24) is 45.2 Å².